The molecular weight excluding hydrogens is 341 g/mol. The highest BCUT2D eigenvalue weighted by Crippen LogP contribution is 2.19. The molecule has 0 amide bonds. The number of aromatic nitrogens is 1. The third-order valence-corrected chi connectivity index (χ3v) is 4.16. The topological polar surface area (TPSA) is 30.0 Å². The molecule has 2 aromatic rings. The van der Waals surface area contributed by atoms with E-state index in [4.69, 9.17) is 0 Å². The van der Waals surface area contributed by atoms with Gasteiger partial charge in [0.05, 0.1) is 5.03 Å². The molecule has 1 aromatic carbocycles. The smallest absolute Gasteiger partial charge is 0.162 e. The van der Waals surface area contributed by atoms with E-state index in [1.54, 1.807) is 18.0 Å². The van der Waals surface area contributed by atoms with E-state index in [2.05, 4.69) is 20.9 Å². The van der Waals surface area contributed by atoms with Crippen molar-refractivity contribution in [2.45, 2.75) is 17.9 Å². The van der Waals surface area contributed by atoms with E-state index in [1.807, 2.05) is 12.1 Å². The molecule has 0 aliphatic heterocycles. The van der Waals surface area contributed by atoms with Crippen molar-refractivity contribution in [1.29, 1.82) is 0 Å². The molecule has 0 aliphatic rings. The normalized spacial score (nSPS) is 10.5. The molecule has 1 aromatic heterocycles. The van der Waals surface area contributed by atoms with Gasteiger partial charge in [-0.1, -0.05) is 0 Å². The van der Waals surface area contributed by atoms with Crippen LogP contribution in [0, 0.1) is 5.82 Å². The monoisotopic (exact) mass is 353 g/mol. The maximum absolute atomic E-state index is 12.7. The fourth-order valence-corrected chi connectivity index (χ4v) is 2.66. The number of nitrogens with zero attached hydrogens (tertiary/aromatic N) is 1. The Balaban J connectivity index is 1.74. The molecule has 0 bridgehead atoms. The van der Waals surface area contributed by atoms with Crippen molar-refractivity contribution in [3.05, 3.63) is 58.4 Å². The lowest BCUT2D eigenvalue weighted by molar-refractivity contribution is 0.0982. The Hall–Kier alpha value is -1.20. The molecule has 2 nitrogen and oxygen atoms in total. The van der Waals surface area contributed by atoms with E-state index in [0.29, 0.717) is 12.0 Å². The number of pyridine rings is 1. The minimum absolute atomic E-state index is 0.0503. The van der Waals surface area contributed by atoms with Gasteiger partial charge < -0.3 is 0 Å². The predicted molar refractivity (Wildman–Crippen MR) is 82.6 cm³/mol. The first-order valence-electron chi connectivity index (χ1n) is 6.18. The molecular formula is C15H13BrFNOS. The van der Waals surface area contributed by atoms with Crippen molar-refractivity contribution in [2.24, 2.45) is 0 Å². The summed E-state index contributed by atoms with van der Waals surface area (Å²) >= 11 is 4.96. The van der Waals surface area contributed by atoms with Gasteiger partial charge in [-0.3, -0.25) is 4.79 Å². The molecule has 2 rings (SSSR count). The first kappa shape index (κ1) is 15.2. The zero-order chi connectivity index (χ0) is 14.4. The first-order chi connectivity index (χ1) is 9.65. The summed E-state index contributed by atoms with van der Waals surface area (Å²) in [6.45, 7) is 0. The second-order valence-electron chi connectivity index (χ2n) is 4.20. The lowest BCUT2D eigenvalue weighted by atomic mass is 10.1. The first-order valence-corrected chi connectivity index (χ1v) is 7.96. The lowest BCUT2D eigenvalue weighted by Crippen LogP contribution is -1.99. The number of carbonyl (C=O) groups is 1. The van der Waals surface area contributed by atoms with Crippen molar-refractivity contribution >= 4 is 33.5 Å². The molecule has 0 N–H and O–H groups in total. The molecule has 20 heavy (non-hydrogen) atoms. The molecule has 5 heteroatoms. The average molecular weight is 354 g/mol. The van der Waals surface area contributed by atoms with Gasteiger partial charge in [0, 0.05) is 22.7 Å². The highest BCUT2D eigenvalue weighted by molar-refractivity contribution is 9.10. The Kier molecular flexibility index (Phi) is 5.73. The van der Waals surface area contributed by atoms with E-state index < -0.39 is 0 Å². The molecule has 0 saturated heterocycles. The van der Waals surface area contributed by atoms with Gasteiger partial charge in [0.15, 0.2) is 5.78 Å². The fourth-order valence-electron chi connectivity index (χ4n) is 1.64. The van der Waals surface area contributed by atoms with Crippen molar-refractivity contribution in [2.75, 3.05) is 5.75 Å². The van der Waals surface area contributed by atoms with Crippen LogP contribution in [0.25, 0.3) is 0 Å². The number of benzene rings is 1. The van der Waals surface area contributed by atoms with E-state index in [1.165, 1.54) is 24.3 Å². The summed E-state index contributed by atoms with van der Waals surface area (Å²) < 4.78 is 13.7. The van der Waals surface area contributed by atoms with Gasteiger partial charge >= 0.3 is 0 Å². The van der Waals surface area contributed by atoms with Gasteiger partial charge in [-0.15, -0.1) is 11.8 Å². The third-order valence-electron chi connectivity index (χ3n) is 2.66. The van der Waals surface area contributed by atoms with Crippen LogP contribution in [0.1, 0.15) is 23.2 Å². The van der Waals surface area contributed by atoms with E-state index in [-0.39, 0.29) is 11.6 Å². The number of halogens is 2. The van der Waals surface area contributed by atoms with Crippen LogP contribution in [0.4, 0.5) is 4.39 Å². The van der Waals surface area contributed by atoms with Crippen LogP contribution in [0.3, 0.4) is 0 Å². The van der Waals surface area contributed by atoms with Crippen LogP contribution in [-0.2, 0) is 0 Å². The second-order valence-corrected chi connectivity index (χ2v) is 6.23. The van der Waals surface area contributed by atoms with Crippen LogP contribution in [0.2, 0.25) is 0 Å². The van der Waals surface area contributed by atoms with Gasteiger partial charge in [-0.05, 0) is 64.5 Å². The number of hydrogen-bond acceptors (Lipinski definition) is 3. The fraction of sp³-hybridized carbons (Fsp3) is 0.200. The summed E-state index contributed by atoms with van der Waals surface area (Å²) in [7, 11) is 0. The van der Waals surface area contributed by atoms with Crippen LogP contribution in [0.15, 0.2) is 52.1 Å². The van der Waals surface area contributed by atoms with Crippen LogP contribution >= 0.6 is 27.7 Å². The molecule has 0 unspecified atom stereocenters. The van der Waals surface area contributed by atoms with Crippen LogP contribution < -0.4 is 0 Å². The quantitative estimate of drug-likeness (QED) is 0.426. The molecule has 0 spiro atoms. The maximum Gasteiger partial charge on any atom is 0.162 e. The molecule has 0 saturated carbocycles. The standard InChI is InChI=1S/C15H13BrFNOS/c16-12-5-8-15(18-10-12)20-9-1-2-14(19)11-3-6-13(17)7-4-11/h3-8,10H,1-2,9H2. The average Bonchev–Trinajstić information content (AvgIpc) is 2.46. The van der Waals surface area contributed by atoms with Gasteiger partial charge in [0.1, 0.15) is 5.82 Å². The van der Waals surface area contributed by atoms with Crippen molar-refractivity contribution in [3.63, 3.8) is 0 Å². The van der Waals surface area contributed by atoms with Crippen molar-refractivity contribution in [3.8, 4) is 0 Å². The Labute approximate surface area is 129 Å². The molecule has 0 fully saturated rings. The summed E-state index contributed by atoms with van der Waals surface area (Å²) in [5.41, 5.74) is 0.568. The molecule has 1 heterocycles. The van der Waals surface area contributed by atoms with E-state index in [0.717, 1.165) is 21.7 Å². The molecule has 104 valence electrons. The summed E-state index contributed by atoms with van der Waals surface area (Å²) in [6, 6.07) is 9.57. The van der Waals surface area contributed by atoms with E-state index in [9.17, 15) is 9.18 Å². The second kappa shape index (κ2) is 7.55. The molecule has 0 radical (unpaired) electrons. The van der Waals surface area contributed by atoms with Crippen molar-refractivity contribution in [1.82, 2.24) is 4.98 Å². The van der Waals surface area contributed by atoms with E-state index >= 15 is 0 Å². The molecule has 0 atom stereocenters. The summed E-state index contributed by atoms with van der Waals surface area (Å²) in [6.07, 6.45) is 3.00. The Morgan fingerprint density at radius 2 is 1.95 bits per heavy atom. The maximum atomic E-state index is 12.7. The number of rotatable bonds is 6. The number of thioether (sulfide) groups is 1. The Bertz CT molecular complexity index is 571. The minimum atomic E-state index is -0.321. The zero-order valence-corrected chi connectivity index (χ0v) is 13.1. The lowest BCUT2D eigenvalue weighted by Gasteiger charge is -2.02. The third kappa shape index (κ3) is 4.72. The SMILES string of the molecule is O=C(CCCSc1ccc(Br)cn1)c1ccc(F)cc1. The summed E-state index contributed by atoms with van der Waals surface area (Å²) in [5, 5.41) is 0.947. The Morgan fingerprint density at radius 3 is 2.60 bits per heavy atom. The number of ketones is 1. The minimum Gasteiger partial charge on any atom is -0.294 e. The van der Waals surface area contributed by atoms with Crippen molar-refractivity contribution < 1.29 is 9.18 Å². The predicted octanol–water partition coefficient (Wildman–Crippen LogP) is 4.74. The summed E-state index contributed by atoms with van der Waals surface area (Å²) in [5.74, 6) is 0.564. The van der Waals surface area contributed by atoms with Gasteiger partial charge in [-0.2, -0.15) is 0 Å². The van der Waals surface area contributed by atoms with Crippen LogP contribution in [0.5, 0.6) is 0 Å². The van der Waals surface area contributed by atoms with Gasteiger partial charge in [-0.25, -0.2) is 9.37 Å². The Morgan fingerprint density at radius 1 is 1.20 bits per heavy atom. The number of hydrogen-bond donors (Lipinski definition) is 0. The number of carbonyl (C=O) groups excluding carboxylic acids is 1. The highest BCUT2D eigenvalue weighted by Gasteiger charge is 2.06. The zero-order valence-electron chi connectivity index (χ0n) is 10.7. The van der Waals surface area contributed by atoms with Gasteiger partial charge in [0.2, 0.25) is 0 Å². The largest absolute Gasteiger partial charge is 0.294 e. The highest BCUT2D eigenvalue weighted by atomic mass is 79.9. The number of Topliss-reactive ketones (excluding diaryl/α,β-unsaturated/α-hetero) is 1. The van der Waals surface area contributed by atoms with Crippen LogP contribution in [-0.4, -0.2) is 16.5 Å². The molecule has 0 aliphatic carbocycles. The van der Waals surface area contributed by atoms with Gasteiger partial charge in [0.25, 0.3) is 0 Å². The summed E-state index contributed by atoms with van der Waals surface area (Å²) in [4.78, 5) is 16.1.